The van der Waals surface area contributed by atoms with Gasteiger partial charge in [-0.15, -0.1) is 0 Å². The van der Waals surface area contributed by atoms with Crippen LogP contribution in [0.5, 0.6) is 0 Å². The molecule has 2 aromatic heterocycles. The quantitative estimate of drug-likeness (QED) is 0.754. The van der Waals surface area contributed by atoms with Gasteiger partial charge in [0.2, 0.25) is 0 Å². The SMILES string of the molecule is CC(C)c1cn2cc(I)ncc2n1. The molecule has 0 amide bonds. The molecule has 3 nitrogen and oxygen atoms in total. The topological polar surface area (TPSA) is 30.2 Å². The summed E-state index contributed by atoms with van der Waals surface area (Å²) in [6, 6.07) is 0. The summed E-state index contributed by atoms with van der Waals surface area (Å²) in [5.74, 6) is 0.470. The number of imidazole rings is 1. The van der Waals surface area contributed by atoms with Gasteiger partial charge in [0.25, 0.3) is 0 Å². The number of halogens is 1. The second kappa shape index (κ2) is 3.25. The lowest BCUT2D eigenvalue weighted by Gasteiger charge is -1.94. The van der Waals surface area contributed by atoms with Crippen molar-refractivity contribution in [2.24, 2.45) is 0 Å². The van der Waals surface area contributed by atoms with Crippen LogP contribution in [-0.2, 0) is 0 Å². The van der Waals surface area contributed by atoms with Gasteiger partial charge in [-0.3, -0.25) is 0 Å². The molecule has 0 atom stereocenters. The van der Waals surface area contributed by atoms with Crippen LogP contribution in [0, 0.1) is 3.70 Å². The van der Waals surface area contributed by atoms with Crippen molar-refractivity contribution in [1.82, 2.24) is 14.4 Å². The molecule has 0 aliphatic heterocycles. The Bertz CT molecular complexity index is 433. The van der Waals surface area contributed by atoms with E-state index in [0.717, 1.165) is 15.0 Å². The molecule has 2 aromatic rings. The first-order valence-electron chi connectivity index (χ1n) is 4.17. The Hall–Kier alpha value is -0.650. The molecule has 13 heavy (non-hydrogen) atoms. The third-order valence-electron chi connectivity index (χ3n) is 1.92. The van der Waals surface area contributed by atoms with Crippen molar-refractivity contribution in [2.75, 3.05) is 0 Å². The fourth-order valence-corrected chi connectivity index (χ4v) is 1.61. The number of fused-ring (bicyclic) bond motifs is 1. The summed E-state index contributed by atoms with van der Waals surface area (Å²) in [5, 5.41) is 0. The molecule has 4 heteroatoms. The molecule has 2 rings (SSSR count). The molecule has 0 radical (unpaired) electrons. The van der Waals surface area contributed by atoms with Gasteiger partial charge in [-0.2, -0.15) is 0 Å². The van der Waals surface area contributed by atoms with Crippen molar-refractivity contribution >= 4 is 28.2 Å². The molecule has 68 valence electrons. The average Bonchev–Trinajstić information content (AvgIpc) is 2.46. The molecule has 0 saturated heterocycles. The molecule has 0 aliphatic carbocycles. The van der Waals surface area contributed by atoms with Crippen molar-refractivity contribution < 1.29 is 0 Å². The minimum atomic E-state index is 0.470. The maximum atomic E-state index is 4.45. The molecule has 0 aliphatic rings. The molecule has 0 fully saturated rings. The minimum absolute atomic E-state index is 0.470. The van der Waals surface area contributed by atoms with Gasteiger partial charge < -0.3 is 4.40 Å². The van der Waals surface area contributed by atoms with Gasteiger partial charge in [-0.05, 0) is 28.5 Å². The Morgan fingerprint density at radius 2 is 2.15 bits per heavy atom. The summed E-state index contributed by atoms with van der Waals surface area (Å²) in [6.45, 7) is 4.28. The highest BCUT2D eigenvalue weighted by Gasteiger charge is 2.05. The lowest BCUT2D eigenvalue weighted by molar-refractivity contribution is 0.834. The van der Waals surface area contributed by atoms with Gasteiger partial charge in [0.15, 0.2) is 5.65 Å². The van der Waals surface area contributed by atoms with Gasteiger partial charge in [-0.25, -0.2) is 9.97 Å². The average molecular weight is 287 g/mol. The third-order valence-corrected chi connectivity index (χ3v) is 2.48. The second-order valence-corrected chi connectivity index (χ2v) is 4.40. The van der Waals surface area contributed by atoms with E-state index in [-0.39, 0.29) is 0 Å². The standard InChI is InChI=1S/C9H10IN3/c1-6(2)7-4-13-5-8(10)11-3-9(13)12-7/h3-6H,1-2H3. The van der Waals surface area contributed by atoms with E-state index in [1.165, 1.54) is 0 Å². The maximum absolute atomic E-state index is 4.45. The number of hydrogen-bond acceptors (Lipinski definition) is 2. The van der Waals surface area contributed by atoms with Crippen LogP contribution in [-0.4, -0.2) is 14.4 Å². The summed E-state index contributed by atoms with van der Waals surface area (Å²) in [7, 11) is 0. The van der Waals surface area contributed by atoms with Crippen LogP contribution in [0.3, 0.4) is 0 Å². The van der Waals surface area contributed by atoms with E-state index in [9.17, 15) is 0 Å². The van der Waals surface area contributed by atoms with E-state index in [0.29, 0.717) is 5.92 Å². The van der Waals surface area contributed by atoms with Gasteiger partial charge in [0.1, 0.15) is 3.70 Å². The fraction of sp³-hybridized carbons (Fsp3) is 0.333. The van der Waals surface area contributed by atoms with Crippen LogP contribution < -0.4 is 0 Å². The smallest absolute Gasteiger partial charge is 0.155 e. The molecule has 0 spiro atoms. The predicted molar refractivity (Wildman–Crippen MR) is 59.8 cm³/mol. The van der Waals surface area contributed by atoms with Crippen LogP contribution in [0.25, 0.3) is 5.65 Å². The van der Waals surface area contributed by atoms with Crippen molar-refractivity contribution in [2.45, 2.75) is 19.8 Å². The van der Waals surface area contributed by atoms with E-state index in [1.54, 1.807) is 6.20 Å². The van der Waals surface area contributed by atoms with E-state index in [4.69, 9.17) is 0 Å². The summed E-state index contributed by atoms with van der Waals surface area (Å²) in [6.07, 6.45) is 5.84. The molecule has 0 saturated carbocycles. The molecule has 2 heterocycles. The highest BCUT2D eigenvalue weighted by atomic mass is 127. The Balaban J connectivity index is 2.62. The van der Waals surface area contributed by atoms with Gasteiger partial charge >= 0.3 is 0 Å². The predicted octanol–water partition coefficient (Wildman–Crippen LogP) is 2.46. The summed E-state index contributed by atoms with van der Waals surface area (Å²) < 4.78 is 3.00. The van der Waals surface area contributed by atoms with E-state index >= 15 is 0 Å². The Kier molecular flexibility index (Phi) is 2.23. The number of rotatable bonds is 1. The number of aromatic nitrogens is 3. The Labute approximate surface area is 90.3 Å². The molecule has 0 unspecified atom stereocenters. The molecule has 0 bridgehead atoms. The lowest BCUT2D eigenvalue weighted by atomic mass is 10.2. The van der Waals surface area contributed by atoms with Crippen LogP contribution in [0.2, 0.25) is 0 Å². The van der Waals surface area contributed by atoms with Crippen molar-refractivity contribution in [3.05, 3.63) is 28.0 Å². The fourth-order valence-electron chi connectivity index (χ4n) is 1.17. The monoisotopic (exact) mass is 287 g/mol. The highest BCUT2D eigenvalue weighted by molar-refractivity contribution is 14.1. The second-order valence-electron chi connectivity index (χ2n) is 3.30. The summed E-state index contributed by atoms with van der Waals surface area (Å²) >= 11 is 2.19. The van der Waals surface area contributed by atoms with Gasteiger partial charge in [0, 0.05) is 12.4 Å². The molecular weight excluding hydrogens is 277 g/mol. The largest absolute Gasteiger partial charge is 0.303 e. The first-order chi connectivity index (χ1) is 6.16. The van der Waals surface area contributed by atoms with Gasteiger partial charge in [-0.1, -0.05) is 13.8 Å². The highest BCUT2D eigenvalue weighted by Crippen LogP contribution is 2.14. The lowest BCUT2D eigenvalue weighted by Crippen LogP contribution is -1.86. The zero-order valence-electron chi connectivity index (χ0n) is 7.53. The zero-order valence-corrected chi connectivity index (χ0v) is 9.69. The normalized spacial score (nSPS) is 11.4. The van der Waals surface area contributed by atoms with Crippen molar-refractivity contribution in [1.29, 1.82) is 0 Å². The van der Waals surface area contributed by atoms with Crippen molar-refractivity contribution in [3.8, 4) is 0 Å². The van der Waals surface area contributed by atoms with Crippen LogP contribution in [0.4, 0.5) is 0 Å². The third kappa shape index (κ3) is 1.67. The van der Waals surface area contributed by atoms with E-state index < -0.39 is 0 Å². The Morgan fingerprint density at radius 3 is 2.85 bits per heavy atom. The summed E-state index contributed by atoms with van der Waals surface area (Å²) in [4.78, 5) is 8.63. The molecular formula is C9H10IN3. The molecule has 0 aromatic carbocycles. The van der Waals surface area contributed by atoms with Crippen LogP contribution in [0.1, 0.15) is 25.5 Å². The first-order valence-corrected chi connectivity index (χ1v) is 5.25. The van der Waals surface area contributed by atoms with Crippen LogP contribution >= 0.6 is 22.6 Å². The maximum Gasteiger partial charge on any atom is 0.155 e. The minimum Gasteiger partial charge on any atom is -0.303 e. The summed E-state index contributed by atoms with van der Waals surface area (Å²) in [5.41, 5.74) is 2.04. The van der Waals surface area contributed by atoms with Gasteiger partial charge in [0.05, 0.1) is 11.9 Å². The first kappa shape index (κ1) is 8.93. The van der Waals surface area contributed by atoms with E-state index in [1.807, 2.05) is 10.6 Å². The number of nitrogens with zero attached hydrogens (tertiary/aromatic N) is 3. The van der Waals surface area contributed by atoms with Crippen molar-refractivity contribution in [3.63, 3.8) is 0 Å². The van der Waals surface area contributed by atoms with Crippen LogP contribution in [0.15, 0.2) is 18.6 Å². The molecule has 0 N–H and O–H groups in total. The Morgan fingerprint density at radius 1 is 1.38 bits per heavy atom. The number of hydrogen-bond donors (Lipinski definition) is 0. The zero-order chi connectivity index (χ0) is 9.42. The van der Waals surface area contributed by atoms with E-state index in [2.05, 4.69) is 52.6 Å².